The Bertz CT molecular complexity index is 2720. The maximum atomic E-state index is 13.5. The third-order valence-corrected chi connectivity index (χ3v) is 8.19. The lowest BCUT2D eigenvalue weighted by Gasteiger charge is -2.11. The van der Waals surface area contributed by atoms with Gasteiger partial charge < -0.3 is 20.3 Å². The molecule has 12 nitrogen and oxygen atoms in total. The van der Waals surface area contributed by atoms with Crippen molar-refractivity contribution in [2.24, 2.45) is 11.5 Å². The molecule has 0 aliphatic heterocycles. The Morgan fingerprint density at radius 2 is 1.13 bits per heavy atom. The standard InChI is InChI=1S/C19H12F3N5O.C19H14FN5O/c20-19(21,22)15-5-1-4-13(25-15)17-12(3-2-8-24-17)11-6-7-16-26-14(18(23)28)10-27(16)9-11;1-11-14(20)5-6-15(23-11)18-13(3-2-8-22-18)12-4-7-17-24-16(19(21)26)10-25(17)9-12/h1-10H,(H2,23,28);2-10H,1H3,(H2,21,26). The number of aromatic nitrogens is 8. The highest BCUT2D eigenvalue weighted by atomic mass is 19.4. The molecule has 0 aromatic carbocycles. The van der Waals surface area contributed by atoms with E-state index in [1.165, 1.54) is 30.6 Å². The van der Waals surface area contributed by atoms with Crippen LogP contribution in [0.4, 0.5) is 17.6 Å². The molecule has 0 aliphatic rings. The zero-order chi connectivity index (χ0) is 38.1. The van der Waals surface area contributed by atoms with Crippen LogP contribution in [0.2, 0.25) is 0 Å². The van der Waals surface area contributed by atoms with E-state index in [0.717, 1.165) is 17.2 Å². The van der Waals surface area contributed by atoms with Gasteiger partial charge in [-0.2, -0.15) is 13.2 Å². The first kappa shape index (κ1) is 35.1. The van der Waals surface area contributed by atoms with Gasteiger partial charge in [-0.15, -0.1) is 0 Å². The summed E-state index contributed by atoms with van der Waals surface area (Å²) in [6, 6.07) is 20.9. The molecule has 0 radical (unpaired) electrons. The zero-order valence-electron chi connectivity index (χ0n) is 28.0. The monoisotopic (exact) mass is 730 g/mol. The van der Waals surface area contributed by atoms with Crippen molar-refractivity contribution in [2.45, 2.75) is 13.1 Å². The first-order chi connectivity index (χ1) is 25.9. The summed E-state index contributed by atoms with van der Waals surface area (Å²) in [5, 5.41) is 0. The number of fused-ring (bicyclic) bond motifs is 2. The smallest absolute Gasteiger partial charge is 0.364 e. The Kier molecular flexibility index (Phi) is 9.08. The average molecular weight is 731 g/mol. The molecule has 0 spiro atoms. The van der Waals surface area contributed by atoms with Crippen molar-refractivity contribution >= 4 is 23.1 Å². The normalized spacial score (nSPS) is 11.4. The van der Waals surface area contributed by atoms with E-state index < -0.39 is 23.7 Å². The van der Waals surface area contributed by atoms with E-state index in [2.05, 4.69) is 29.9 Å². The van der Waals surface area contributed by atoms with E-state index in [9.17, 15) is 27.2 Å². The van der Waals surface area contributed by atoms with Crippen molar-refractivity contribution in [2.75, 3.05) is 0 Å². The highest BCUT2D eigenvalue weighted by molar-refractivity contribution is 5.92. The van der Waals surface area contributed by atoms with Gasteiger partial charge in [0.15, 0.2) is 0 Å². The predicted molar refractivity (Wildman–Crippen MR) is 190 cm³/mol. The van der Waals surface area contributed by atoms with Gasteiger partial charge in [-0.1, -0.05) is 18.2 Å². The van der Waals surface area contributed by atoms with Gasteiger partial charge in [0.25, 0.3) is 11.8 Å². The molecule has 8 aromatic rings. The number of hydrogen-bond donors (Lipinski definition) is 2. The SMILES string of the molecule is Cc1nc(-c2ncccc2-c2ccc3nc(C(N)=O)cn3c2)ccc1F.NC(=O)c1cn2cc(-c3cccnc3-c3cccc(C(F)(F)F)n3)ccc2n1. The highest BCUT2D eigenvalue weighted by Crippen LogP contribution is 2.33. The Morgan fingerprint density at radius 3 is 1.61 bits per heavy atom. The van der Waals surface area contributed by atoms with Crippen molar-refractivity contribution in [1.82, 2.24) is 38.7 Å². The van der Waals surface area contributed by atoms with Crippen molar-refractivity contribution < 1.29 is 27.2 Å². The zero-order valence-corrected chi connectivity index (χ0v) is 28.0. The Labute approximate surface area is 302 Å². The number of halogens is 4. The summed E-state index contributed by atoms with van der Waals surface area (Å²) in [6.45, 7) is 1.62. The molecule has 2 amide bonds. The van der Waals surface area contributed by atoms with E-state index >= 15 is 0 Å². The van der Waals surface area contributed by atoms with Crippen LogP contribution in [0.25, 0.3) is 56.3 Å². The molecule has 54 heavy (non-hydrogen) atoms. The molecular weight excluding hydrogens is 704 g/mol. The number of alkyl halides is 3. The number of nitrogens with two attached hydrogens (primary N) is 2. The van der Waals surface area contributed by atoms with Gasteiger partial charge in [-0.3, -0.25) is 19.6 Å². The molecule has 0 fully saturated rings. The van der Waals surface area contributed by atoms with Crippen molar-refractivity contribution in [3.05, 3.63) is 145 Å². The number of rotatable bonds is 6. The minimum atomic E-state index is -4.55. The van der Waals surface area contributed by atoms with E-state index in [-0.39, 0.29) is 22.9 Å². The molecule has 0 saturated heterocycles. The topological polar surface area (TPSA) is 172 Å². The summed E-state index contributed by atoms with van der Waals surface area (Å²) in [4.78, 5) is 47.6. The molecule has 16 heteroatoms. The van der Waals surface area contributed by atoms with Gasteiger partial charge >= 0.3 is 6.18 Å². The van der Waals surface area contributed by atoms with Crippen molar-refractivity contribution in [3.8, 4) is 45.0 Å². The number of primary amides is 2. The quantitative estimate of drug-likeness (QED) is 0.181. The molecule has 0 atom stereocenters. The van der Waals surface area contributed by atoms with E-state index in [0.29, 0.717) is 45.2 Å². The Balaban J connectivity index is 0.000000167. The lowest BCUT2D eigenvalue weighted by atomic mass is 10.0. The summed E-state index contributed by atoms with van der Waals surface area (Å²) < 4.78 is 56.0. The minimum Gasteiger partial charge on any atom is -0.364 e. The maximum Gasteiger partial charge on any atom is 0.433 e. The van der Waals surface area contributed by atoms with Crippen molar-refractivity contribution in [1.29, 1.82) is 0 Å². The molecule has 8 heterocycles. The summed E-state index contributed by atoms with van der Waals surface area (Å²) in [5.41, 5.74) is 15.9. The van der Waals surface area contributed by atoms with Crippen LogP contribution < -0.4 is 11.5 Å². The summed E-state index contributed by atoms with van der Waals surface area (Å²) in [7, 11) is 0. The number of nitrogens with zero attached hydrogens (tertiary/aromatic N) is 8. The van der Waals surface area contributed by atoms with Gasteiger partial charge in [-0.25, -0.2) is 24.3 Å². The number of amides is 2. The van der Waals surface area contributed by atoms with Gasteiger partial charge in [0.1, 0.15) is 34.2 Å². The Morgan fingerprint density at radius 1 is 0.611 bits per heavy atom. The second kappa shape index (κ2) is 14.0. The van der Waals surface area contributed by atoms with Gasteiger partial charge in [0, 0.05) is 59.4 Å². The first-order valence-electron chi connectivity index (χ1n) is 16.0. The largest absolute Gasteiger partial charge is 0.433 e. The number of pyridine rings is 6. The van der Waals surface area contributed by atoms with Crippen LogP contribution in [0.5, 0.6) is 0 Å². The van der Waals surface area contributed by atoms with Crippen LogP contribution in [0, 0.1) is 12.7 Å². The molecular formula is C38H26F4N10O2. The maximum absolute atomic E-state index is 13.5. The molecule has 8 rings (SSSR count). The fraction of sp³-hybridized carbons (Fsp3) is 0.0526. The van der Waals surface area contributed by atoms with Gasteiger partial charge in [-0.05, 0) is 67.6 Å². The van der Waals surface area contributed by atoms with Crippen LogP contribution >= 0.6 is 0 Å². The third-order valence-electron chi connectivity index (χ3n) is 8.19. The summed E-state index contributed by atoms with van der Waals surface area (Å²) in [6.07, 6.45) is 5.21. The van der Waals surface area contributed by atoms with Crippen molar-refractivity contribution in [3.63, 3.8) is 0 Å². The van der Waals surface area contributed by atoms with Crippen LogP contribution in [-0.4, -0.2) is 50.5 Å². The number of carbonyl (C=O) groups excluding carboxylic acids is 2. The molecule has 0 aliphatic carbocycles. The van der Waals surface area contributed by atoms with Crippen LogP contribution in [0.1, 0.15) is 32.4 Å². The number of aryl methyl sites for hydroxylation is 1. The van der Waals surface area contributed by atoms with Crippen LogP contribution in [0.15, 0.2) is 116 Å². The summed E-state index contributed by atoms with van der Waals surface area (Å²) in [5.74, 6) is -1.59. The van der Waals surface area contributed by atoms with E-state index in [1.54, 1.807) is 70.7 Å². The average Bonchev–Trinajstić information content (AvgIpc) is 3.81. The van der Waals surface area contributed by atoms with E-state index in [4.69, 9.17) is 11.5 Å². The lowest BCUT2D eigenvalue weighted by molar-refractivity contribution is -0.141. The first-order valence-corrected chi connectivity index (χ1v) is 16.0. The summed E-state index contributed by atoms with van der Waals surface area (Å²) >= 11 is 0. The molecule has 4 N–H and O–H groups in total. The number of hydrogen-bond acceptors (Lipinski definition) is 8. The molecule has 8 aromatic heterocycles. The molecule has 0 unspecified atom stereocenters. The fourth-order valence-electron chi connectivity index (χ4n) is 5.62. The van der Waals surface area contributed by atoms with Gasteiger partial charge in [0.05, 0.1) is 28.5 Å². The third kappa shape index (κ3) is 7.07. The minimum absolute atomic E-state index is 0.106. The second-order valence-corrected chi connectivity index (χ2v) is 11.8. The van der Waals surface area contributed by atoms with Gasteiger partial charge in [0.2, 0.25) is 0 Å². The van der Waals surface area contributed by atoms with Crippen LogP contribution in [-0.2, 0) is 6.18 Å². The molecule has 268 valence electrons. The molecule has 0 bridgehead atoms. The highest BCUT2D eigenvalue weighted by Gasteiger charge is 2.32. The predicted octanol–water partition coefficient (Wildman–Crippen LogP) is 6.58. The molecule has 0 saturated carbocycles. The second-order valence-electron chi connectivity index (χ2n) is 11.8. The van der Waals surface area contributed by atoms with Crippen LogP contribution in [0.3, 0.4) is 0 Å². The number of carbonyl (C=O) groups is 2. The lowest BCUT2D eigenvalue weighted by Crippen LogP contribution is -2.10. The van der Waals surface area contributed by atoms with E-state index in [1.807, 2.05) is 24.4 Å². The Hall–Kier alpha value is -7.36. The fourth-order valence-corrected chi connectivity index (χ4v) is 5.62. The number of imidazole rings is 2.